The maximum atomic E-state index is 12.7. The van der Waals surface area contributed by atoms with Crippen LogP contribution in [0.25, 0.3) is 11.0 Å². The average molecular weight is 430 g/mol. The molecule has 2 N–H and O–H groups in total. The highest BCUT2D eigenvalue weighted by Gasteiger charge is 2.35. The van der Waals surface area contributed by atoms with Crippen LogP contribution >= 0.6 is 11.8 Å². The highest BCUT2D eigenvalue weighted by atomic mass is 32.2. The minimum atomic E-state index is -0.831. The van der Waals surface area contributed by atoms with Crippen molar-refractivity contribution < 1.29 is 14.3 Å². The molecule has 0 bridgehead atoms. The molecule has 2 aromatic heterocycles. The van der Waals surface area contributed by atoms with Crippen LogP contribution in [-0.2, 0) is 9.53 Å². The van der Waals surface area contributed by atoms with E-state index < -0.39 is 22.3 Å². The fraction of sp³-hybridized carbons (Fsp3) is 0.500. The zero-order valence-corrected chi connectivity index (χ0v) is 17.9. The molecule has 2 aromatic rings. The van der Waals surface area contributed by atoms with Crippen molar-refractivity contribution in [3.63, 3.8) is 0 Å². The van der Waals surface area contributed by atoms with E-state index in [2.05, 4.69) is 26.3 Å². The molecule has 0 aliphatic heterocycles. The quantitative estimate of drug-likeness (QED) is 0.419. The van der Waals surface area contributed by atoms with Crippen LogP contribution < -0.4 is 10.9 Å². The number of carbonyl (C=O) groups is 2. The van der Waals surface area contributed by atoms with Gasteiger partial charge in [0.15, 0.2) is 10.8 Å². The van der Waals surface area contributed by atoms with E-state index in [4.69, 9.17) is 4.74 Å². The van der Waals surface area contributed by atoms with E-state index in [0.29, 0.717) is 18.5 Å². The molecule has 3 rings (SSSR count). The molecule has 0 saturated heterocycles. The minimum Gasteiger partial charge on any atom is -0.465 e. The Bertz CT molecular complexity index is 1090. The van der Waals surface area contributed by atoms with Crippen LogP contribution in [0.5, 0.6) is 0 Å². The lowest BCUT2D eigenvalue weighted by molar-refractivity contribution is -0.122. The van der Waals surface area contributed by atoms with Gasteiger partial charge in [0, 0.05) is 5.69 Å². The Labute approximate surface area is 177 Å². The van der Waals surface area contributed by atoms with Crippen molar-refractivity contribution in [1.29, 1.82) is 5.26 Å². The predicted octanol–water partition coefficient (Wildman–Crippen LogP) is 2.24. The number of pyridine rings is 1. The van der Waals surface area contributed by atoms with Crippen LogP contribution in [-0.4, -0.2) is 44.7 Å². The molecule has 0 spiro atoms. The van der Waals surface area contributed by atoms with E-state index in [1.54, 1.807) is 13.8 Å². The molecule has 1 amide bonds. The van der Waals surface area contributed by atoms with E-state index in [-0.39, 0.29) is 27.7 Å². The number of nitriles is 1. The summed E-state index contributed by atoms with van der Waals surface area (Å²) in [7, 11) is 1.23. The van der Waals surface area contributed by atoms with Gasteiger partial charge in [-0.05, 0) is 32.8 Å². The molecule has 0 aromatic carbocycles. The van der Waals surface area contributed by atoms with Crippen molar-refractivity contribution in [3.8, 4) is 6.07 Å². The van der Waals surface area contributed by atoms with Crippen molar-refractivity contribution in [1.82, 2.24) is 20.3 Å². The number of hydrogen-bond donors (Lipinski definition) is 2. The summed E-state index contributed by atoms with van der Waals surface area (Å²) >= 11 is 1.06. The third-order valence-electron chi connectivity index (χ3n) is 5.13. The predicted molar refractivity (Wildman–Crippen MR) is 111 cm³/mol. The molecule has 1 aliphatic rings. The number of rotatable bonds is 5. The van der Waals surface area contributed by atoms with Crippen LogP contribution in [0.15, 0.2) is 16.0 Å². The van der Waals surface area contributed by atoms with Crippen LogP contribution in [0, 0.1) is 18.3 Å². The molecule has 10 heteroatoms. The number of aromatic nitrogens is 3. The molecule has 30 heavy (non-hydrogen) atoms. The number of nitrogens with one attached hydrogen (secondary N) is 2. The third-order valence-corrected chi connectivity index (χ3v) is 6.11. The standard InChI is InChI=1S/C20H23N5O4S/c1-11-9-13(18(28)29-3)14-15(22-11)23-19(24-17(14)27)30-12(2)16(26)25-20(10-21)7-5-4-6-8-20/h9,12H,4-8H2,1-3H3,(H,25,26)(H,22,23,24,27)/t12-/m0/s1. The Balaban J connectivity index is 1.85. The number of carbonyl (C=O) groups excluding carboxylic acids is 2. The Morgan fingerprint density at radius 3 is 2.67 bits per heavy atom. The third kappa shape index (κ3) is 4.46. The number of nitrogens with zero attached hydrogens (tertiary/aromatic N) is 3. The zero-order chi connectivity index (χ0) is 21.9. The Kier molecular flexibility index (Phi) is 6.41. The lowest BCUT2D eigenvalue weighted by atomic mass is 9.83. The van der Waals surface area contributed by atoms with Crippen LogP contribution in [0.1, 0.15) is 55.1 Å². The first-order chi connectivity index (χ1) is 14.3. The highest BCUT2D eigenvalue weighted by Crippen LogP contribution is 2.29. The molecule has 1 fully saturated rings. The molecule has 9 nitrogen and oxygen atoms in total. The molecular weight excluding hydrogens is 406 g/mol. The molecule has 0 unspecified atom stereocenters. The highest BCUT2D eigenvalue weighted by molar-refractivity contribution is 8.00. The number of fused-ring (bicyclic) bond motifs is 1. The molecule has 0 radical (unpaired) electrons. The molecule has 1 aliphatic carbocycles. The van der Waals surface area contributed by atoms with Gasteiger partial charge < -0.3 is 15.0 Å². The van der Waals surface area contributed by atoms with E-state index in [0.717, 1.165) is 31.0 Å². The van der Waals surface area contributed by atoms with Crippen LogP contribution in [0.4, 0.5) is 0 Å². The minimum absolute atomic E-state index is 0.0412. The first kappa shape index (κ1) is 21.8. The first-order valence-electron chi connectivity index (χ1n) is 9.68. The second kappa shape index (κ2) is 8.83. The number of hydrogen-bond acceptors (Lipinski definition) is 8. The number of aromatic amines is 1. The molecule has 2 heterocycles. The van der Waals surface area contributed by atoms with Crippen molar-refractivity contribution >= 4 is 34.7 Å². The molecular formula is C20H23N5O4S. The topological polar surface area (TPSA) is 138 Å². The molecule has 1 atom stereocenters. The largest absolute Gasteiger partial charge is 0.465 e. The van der Waals surface area contributed by atoms with Crippen molar-refractivity contribution in [3.05, 3.63) is 27.7 Å². The zero-order valence-electron chi connectivity index (χ0n) is 17.1. The SMILES string of the molecule is COC(=O)c1cc(C)nc2nc(S[C@@H](C)C(=O)NC3(C#N)CCCCC3)[nH]c(=O)c12. The monoisotopic (exact) mass is 429 g/mol. The summed E-state index contributed by atoms with van der Waals surface area (Å²) in [5.41, 5.74) is -0.665. The fourth-order valence-corrected chi connectivity index (χ4v) is 4.34. The maximum Gasteiger partial charge on any atom is 0.338 e. The Morgan fingerprint density at radius 2 is 2.03 bits per heavy atom. The summed E-state index contributed by atoms with van der Waals surface area (Å²) in [5, 5.41) is 12.1. The summed E-state index contributed by atoms with van der Waals surface area (Å²) in [6.45, 7) is 3.37. The number of methoxy groups -OCH3 is 1. The van der Waals surface area contributed by atoms with Crippen molar-refractivity contribution in [2.45, 2.75) is 61.9 Å². The average Bonchev–Trinajstić information content (AvgIpc) is 2.72. The molecule has 1 saturated carbocycles. The van der Waals surface area contributed by atoms with Gasteiger partial charge in [-0.15, -0.1) is 0 Å². The lowest BCUT2D eigenvalue weighted by Crippen LogP contribution is -2.51. The normalized spacial score (nSPS) is 16.5. The van der Waals surface area contributed by atoms with Gasteiger partial charge in [0.25, 0.3) is 5.56 Å². The smallest absolute Gasteiger partial charge is 0.338 e. The van der Waals surface area contributed by atoms with Gasteiger partial charge in [-0.2, -0.15) is 5.26 Å². The van der Waals surface area contributed by atoms with Gasteiger partial charge in [-0.3, -0.25) is 9.59 Å². The molecule has 158 valence electrons. The number of ether oxygens (including phenoxy) is 1. The van der Waals surface area contributed by atoms with Gasteiger partial charge in [0.2, 0.25) is 5.91 Å². The van der Waals surface area contributed by atoms with E-state index in [1.165, 1.54) is 13.2 Å². The maximum absolute atomic E-state index is 12.7. The number of esters is 1. The van der Waals surface area contributed by atoms with Gasteiger partial charge in [0.05, 0.1) is 29.4 Å². The summed E-state index contributed by atoms with van der Waals surface area (Å²) < 4.78 is 4.74. The van der Waals surface area contributed by atoms with Gasteiger partial charge in [-0.1, -0.05) is 31.0 Å². The van der Waals surface area contributed by atoms with Crippen LogP contribution in [0.3, 0.4) is 0 Å². The second-order valence-electron chi connectivity index (χ2n) is 7.38. The number of H-pyrrole nitrogens is 1. The van der Waals surface area contributed by atoms with Crippen LogP contribution in [0.2, 0.25) is 0 Å². The van der Waals surface area contributed by atoms with Gasteiger partial charge >= 0.3 is 5.97 Å². The van der Waals surface area contributed by atoms with Gasteiger partial charge in [0.1, 0.15) is 5.54 Å². The van der Waals surface area contributed by atoms with Crippen molar-refractivity contribution in [2.75, 3.05) is 7.11 Å². The lowest BCUT2D eigenvalue weighted by Gasteiger charge is -2.32. The summed E-state index contributed by atoms with van der Waals surface area (Å²) in [6, 6.07) is 3.73. The van der Waals surface area contributed by atoms with E-state index in [9.17, 15) is 19.6 Å². The second-order valence-corrected chi connectivity index (χ2v) is 8.71. The fourth-order valence-electron chi connectivity index (χ4n) is 3.55. The number of aryl methyl sites for hydroxylation is 1. The Morgan fingerprint density at radius 1 is 1.33 bits per heavy atom. The van der Waals surface area contributed by atoms with E-state index in [1.807, 2.05) is 0 Å². The van der Waals surface area contributed by atoms with E-state index >= 15 is 0 Å². The summed E-state index contributed by atoms with van der Waals surface area (Å²) in [6.07, 6.45) is 4.14. The Hall–Kier alpha value is -2.93. The van der Waals surface area contributed by atoms with Crippen molar-refractivity contribution in [2.24, 2.45) is 0 Å². The number of thioether (sulfide) groups is 1. The number of amides is 1. The van der Waals surface area contributed by atoms with Gasteiger partial charge in [-0.25, -0.2) is 14.8 Å². The summed E-state index contributed by atoms with van der Waals surface area (Å²) in [4.78, 5) is 48.5. The first-order valence-corrected chi connectivity index (χ1v) is 10.6. The summed E-state index contributed by atoms with van der Waals surface area (Å²) in [5.74, 6) is -0.945.